The van der Waals surface area contributed by atoms with Gasteiger partial charge in [-0.15, -0.1) is 0 Å². The van der Waals surface area contributed by atoms with E-state index in [-0.39, 0.29) is 5.78 Å². The number of fused-ring (bicyclic) bond motifs is 3. The largest absolute Gasteiger partial charge is 0.358 e. The molecule has 0 aliphatic heterocycles. The van der Waals surface area contributed by atoms with Crippen LogP contribution in [-0.2, 0) is 12.8 Å². The van der Waals surface area contributed by atoms with Crippen molar-refractivity contribution in [2.75, 3.05) is 0 Å². The van der Waals surface area contributed by atoms with Crippen molar-refractivity contribution < 1.29 is 4.79 Å². The Kier molecular flexibility index (Phi) is 3.76. The molecule has 122 valence electrons. The Balaban J connectivity index is 1.70. The fourth-order valence-electron chi connectivity index (χ4n) is 4.08. The van der Waals surface area contributed by atoms with Crippen molar-refractivity contribution in [2.24, 2.45) is 0 Å². The van der Waals surface area contributed by atoms with Crippen molar-refractivity contribution >= 4 is 16.7 Å². The number of benzene rings is 2. The number of aryl methyl sites for hydroxylation is 2. The molecule has 3 aromatic rings. The van der Waals surface area contributed by atoms with Crippen molar-refractivity contribution in [1.82, 2.24) is 4.98 Å². The first-order valence-electron chi connectivity index (χ1n) is 8.83. The van der Waals surface area contributed by atoms with Crippen molar-refractivity contribution in [1.29, 1.82) is 0 Å². The molecule has 0 amide bonds. The maximum absolute atomic E-state index is 11.6. The summed E-state index contributed by atoms with van der Waals surface area (Å²) in [4.78, 5) is 15.3. The molecule has 1 N–H and O–H groups in total. The second kappa shape index (κ2) is 5.94. The summed E-state index contributed by atoms with van der Waals surface area (Å²) in [6, 6.07) is 14.8. The van der Waals surface area contributed by atoms with Crippen LogP contribution in [0.5, 0.6) is 0 Å². The fraction of sp³-hybridized carbons (Fsp3) is 0.318. The number of aromatic amines is 1. The Hall–Kier alpha value is -2.35. The zero-order valence-electron chi connectivity index (χ0n) is 14.4. The third-order valence-corrected chi connectivity index (χ3v) is 5.30. The van der Waals surface area contributed by atoms with E-state index in [2.05, 4.69) is 42.2 Å². The summed E-state index contributed by atoms with van der Waals surface area (Å²) >= 11 is 0. The van der Waals surface area contributed by atoms with Gasteiger partial charge in [-0.2, -0.15) is 0 Å². The molecule has 2 nitrogen and oxygen atoms in total. The first-order chi connectivity index (χ1) is 11.6. The Labute approximate surface area is 142 Å². The van der Waals surface area contributed by atoms with Gasteiger partial charge in [0.25, 0.3) is 0 Å². The maximum Gasteiger partial charge on any atom is 0.159 e. The number of nitrogens with one attached hydrogen (secondary N) is 1. The molecule has 1 aromatic heterocycles. The summed E-state index contributed by atoms with van der Waals surface area (Å²) in [6.07, 6.45) is 4.62. The number of carbonyl (C=O) groups is 1. The van der Waals surface area contributed by atoms with Crippen LogP contribution in [0.15, 0.2) is 42.5 Å². The van der Waals surface area contributed by atoms with E-state index < -0.39 is 0 Å². The quantitative estimate of drug-likeness (QED) is 0.650. The van der Waals surface area contributed by atoms with E-state index in [1.807, 2.05) is 12.1 Å². The molecule has 0 saturated carbocycles. The van der Waals surface area contributed by atoms with Crippen LogP contribution in [0.3, 0.4) is 0 Å². The van der Waals surface area contributed by atoms with Gasteiger partial charge in [-0.05, 0) is 68.9 Å². The Morgan fingerprint density at radius 3 is 2.92 bits per heavy atom. The first kappa shape index (κ1) is 15.2. The highest BCUT2D eigenvalue weighted by molar-refractivity contribution is 5.94. The van der Waals surface area contributed by atoms with Gasteiger partial charge in [-0.1, -0.05) is 29.8 Å². The first-order valence-corrected chi connectivity index (χ1v) is 8.83. The molecule has 24 heavy (non-hydrogen) atoms. The monoisotopic (exact) mass is 317 g/mol. The van der Waals surface area contributed by atoms with Crippen molar-refractivity contribution in [3.8, 4) is 0 Å². The van der Waals surface area contributed by atoms with Crippen LogP contribution in [0.25, 0.3) is 10.9 Å². The second-order valence-corrected chi connectivity index (χ2v) is 7.12. The average molecular weight is 317 g/mol. The van der Waals surface area contributed by atoms with E-state index in [1.165, 1.54) is 52.5 Å². The highest BCUT2D eigenvalue weighted by Gasteiger charge is 2.24. The Morgan fingerprint density at radius 2 is 2.08 bits per heavy atom. The molecule has 2 aromatic carbocycles. The van der Waals surface area contributed by atoms with Crippen LogP contribution in [0, 0.1) is 6.92 Å². The fourth-order valence-corrected chi connectivity index (χ4v) is 4.08. The highest BCUT2D eigenvalue weighted by Crippen LogP contribution is 2.38. The molecule has 0 fully saturated rings. The van der Waals surface area contributed by atoms with E-state index in [9.17, 15) is 4.79 Å². The third kappa shape index (κ3) is 2.66. The number of rotatable bonds is 3. The SMILES string of the molecule is CC(=O)c1cccc(CC2CCCc3c2[nH]c2ccc(C)cc32)c1. The van der Waals surface area contributed by atoms with Gasteiger partial charge < -0.3 is 4.98 Å². The van der Waals surface area contributed by atoms with E-state index in [4.69, 9.17) is 0 Å². The van der Waals surface area contributed by atoms with E-state index in [0.29, 0.717) is 5.92 Å². The highest BCUT2D eigenvalue weighted by atomic mass is 16.1. The summed E-state index contributed by atoms with van der Waals surface area (Å²) in [5, 5.41) is 1.40. The number of Topliss-reactive ketones (excluding diaryl/α,β-unsaturated/α-hetero) is 1. The molecule has 1 heterocycles. The number of carbonyl (C=O) groups excluding carboxylic acids is 1. The minimum Gasteiger partial charge on any atom is -0.358 e. The van der Waals surface area contributed by atoms with Crippen LogP contribution in [-0.4, -0.2) is 10.8 Å². The van der Waals surface area contributed by atoms with Crippen molar-refractivity contribution in [2.45, 2.75) is 45.4 Å². The molecular weight excluding hydrogens is 294 g/mol. The number of hydrogen-bond acceptors (Lipinski definition) is 1. The molecule has 1 atom stereocenters. The molecule has 1 aliphatic rings. The lowest BCUT2D eigenvalue weighted by Crippen LogP contribution is -2.12. The molecule has 0 spiro atoms. The summed E-state index contributed by atoms with van der Waals surface area (Å²) < 4.78 is 0. The van der Waals surface area contributed by atoms with Gasteiger partial charge in [0.15, 0.2) is 5.78 Å². The minimum atomic E-state index is 0.141. The van der Waals surface area contributed by atoms with Gasteiger partial charge in [0.05, 0.1) is 0 Å². The van der Waals surface area contributed by atoms with E-state index >= 15 is 0 Å². The Bertz CT molecular complexity index is 919. The lowest BCUT2D eigenvalue weighted by atomic mass is 9.83. The normalized spacial score (nSPS) is 17.0. The molecule has 0 bridgehead atoms. The second-order valence-electron chi connectivity index (χ2n) is 7.12. The predicted octanol–water partition coefficient (Wildman–Crippen LogP) is 5.34. The molecule has 4 rings (SSSR count). The molecule has 0 radical (unpaired) electrons. The van der Waals surface area contributed by atoms with Gasteiger partial charge in [0, 0.05) is 28.1 Å². The zero-order chi connectivity index (χ0) is 16.7. The van der Waals surface area contributed by atoms with E-state index in [1.54, 1.807) is 6.92 Å². The van der Waals surface area contributed by atoms with E-state index in [0.717, 1.165) is 12.0 Å². The van der Waals surface area contributed by atoms with Gasteiger partial charge >= 0.3 is 0 Å². The molecule has 1 unspecified atom stereocenters. The van der Waals surface area contributed by atoms with Gasteiger partial charge in [-0.3, -0.25) is 4.79 Å². The van der Waals surface area contributed by atoms with Crippen LogP contribution in [0.4, 0.5) is 0 Å². The van der Waals surface area contributed by atoms with Crippen LogP contribution >= 0.6 is 0 Å². The predicted molar refractivity (Wildman–Crippen MR) is 98.9 cm³/mol. The third-order valence-electron chi connectivity index (χ3n) is 5.30. The summed E-state index contributed by atoms with van der Waals surface area (Å²) in [7, 11) is 0. The summed E-state index contributed by atoms with van der Waals surface area (Å²) in [5.74, 6) is 0.658. The average Bonchev–Trinajstić information content (AvgIpc) is 2.94. The molecule has 2 heteroatoms. The zero-order valence-corrected chi connectivity index (χ0v) is 14.4. The van der Waals surface area contributed by atoms with Crippen LogP contribution in [0.2, 0.25) is 0 Å². The standard InChI is InChI=1S/C22H23NO/c1-14-9-10-21-20(11-14)19-8-4-7-18(22(19)23-21)13-16-5-3-6-17(12-16)15(2)24/h3,5-6,9-12,18,23H,4,7-8,13H2,1-2H3. The van der Waals surface area contributed by atoms with Gasteiger partial charge in [0.2, 0.25) is 0 Å². The maximum atomic E-state index is 11.6. The number of hydrogen-bond donors (Lipinski definition) is 1. The van der Waals surface area contributed by atoms with Crippen molar-refractivity contribution in [3.05, 3.63) is 70.4 Å². The molecule has 0 saturated heterocycles. The summed E-state index contributed by atoms with van der Waals surface area (Å²) in [5.41, 5.74) is 7.57. The lowest BCUT2D eigenvalue weighted by Gasteiger charge is -2.23. The number of H-pyrrole nitrogens is 1. The minimum absolute atomic E-state index is 0.141. The summed E-state index contributed by atoms with van der Waals surface area (Å²) in [6.45, 7) is 3.80. The van der Waals surface area contributed by atoms with Crippen molar-refractivity contribution in [3.63, 3.8) is 0 Å². The molecular formula is C22H23NO. The smallest absolute Gasteiger partial charge is 0.159 e. The van der Waals surface area contributed by atoms with Gasteiger partial charge in [-0.25, -0.2) is 0 Å². The lowest BCUT2D eigenvalue weighted by molar-refractivity contribution is 0.101. The molecule has 1 aliphatic carbocycles. The van der Waals surface area contributed by atoms with Crippen LogP contribution in [0.1, 0.15) is 58.4 Å². The Morgan fingerprint density at radius 1 is 1.21 bits per heavy atom. The van der Waals surface area contributed by atoms with Crippen LogP contribution < -0.4 is 0 Å². The number of aromatic nitrogens is 1. The van der Waals surface area contributed by atoms with Gasteiger partial charge in [0.1, 0.15) is 0 Å². The topological polar surface area (TPSA) is 32.9 Å². The number of ketones is 1.